The van der Waals surface area contributed by atoms with Gasteiger partial charge < -0.3 is 4.90 Å². The first-order chi connectivity index (χ1) is 6.06. The first kappa shape index (κ1) is 10.8. The fourth-order valence-electron chi connectivity index (χ4n) is 1.10. The molecule has 0 aromatic carbocycles. The number of imide groups is 1. The van der Waals surface area contributed by atoms with Crippen molar-refractivity contribution >= 4 is 27.0 Å². The monoisotopic (exact) mass is 269 g/mol. The molecule has 0 radical (unpaired) electrons. The molecule has 2 unspecified atom stereocenters. The van der Waals surface area contributed by atoms with Gasteiger partial charge in [0.25, 0.3) is 0 Å². The van der Waals surface area contributed by atoms with Gasteiger partial charge in [-0.3, -0.25) is 10.1 Å². The number of urea groups is 1. The molecule has 74 valence electrons. The molecule has 0 spiro atoms. The maximum atomic E-state index is 11.2. The van der Waals surface area contributed by atoms with E-state index in [9.17, 15) is 9.59 Å². The average Bonchev–Trinajstić information content (AvgIpc) is 2.42. The summed E-state index contributed by atoms with van der Waals surface area (Å²) < 4.78 is 0. The van der Waals surface area contributed by atoms with Crippen LogP contribution in [0.1, 0.15) is 13.8 Å². The molecule has 0 saturated carbocycles. The molecule has 1 rings (SSSR count). The van der Waals surface area contributed by atoms with Gasteiger partial charge >= 0.3 is 21.1 Å². The number of rotatable bonds is 3. The summed E-state index contributed by atoms with van der Waals surface area (Å²) >= 11 is 3.22. The van der Waals surface area contributed by atoms with Crippen LogP contribution in [0.5, 0.6) is 0 Å². The van der Waals surface area contributed by atoms with Crippen molar-refractivity contribution in [2.75, 3.05) is 6.54 Å². The smallest absolute Gasteiger partial charge is 0.307 e. The predicted molar refractivity (Wildman–Crippen MR) is 48.1 cm³/mol. The van der Waals surface area contributed by atoms with Gasteiger partial charge in [-0.15, -0.1) is 0 Å². The Morgan fingerprint density at radius 2 is 2.15 bits per heavy atom. The summed E-state index contributed by atoms with van der Waals surface area (Å²) in [6.45, 7) is 4.06. The minimum Gasteiger partial charge on any atom is -0.307 e. The molecule has 0 aliphatic carbocycles. The zero-order valence-corrected chi connectivity index (χ0v) is 9.72. The molecule has 2 atom stereocenters. The largest absolute Gasteiger partial charge is 0.330 e. The Morgan fingerprint density at radius 1 is 1.54 bits per heavy atom. The van der Waals surface area contributed by atoms with Crippen LogP contribution in [-0.2, 0) is 4.79 Å². The SMILES string of the molecule is CC([Cl+]Br)C(C)N1CC(=O)NC1=O. The van der Waals surface area contributed by atoms with Crippen molar-refractivity contribution in [1.82, 2.24) is 10.2 Å². The van der Waals surface area contributed by atoms with Gasteiger partial charge in [0.2, 0.25) is 20.6 Å². The van der Waals surface area contributed by atoms with Crippen molar-refractivity contribution in [3.05, 3.63) is 0 Å². The zero-order chi connectivity index (χ0) is 10.0. The fourth-order valence-corrected chi connectivity index (χ4v) is 2.24. The van der Waals surface area contributed by atoms with E-state index in [1.54, 1.807) is 0 Å². The third kappa shape index (κ3) is 2.34. The molecule has 3 amide bonds. The van der Waals surface area contributed by atoms with E-state index in [0.29, 0.717) is 0 Å². The van der Waals surface area contributed by atoms with Crippen LogP contribution in [0.3, 0.4) is 0 Å². The molecule has 13 heavy (non-hydrogen) atoms. The third-order valence-corrected chi connectivity index (χ3v) is 4.37. The Kier molecular flexibility index (Phi) is 3.55. The molecule has 0 aromatic heterocycles. The molecule has 1 heterocycles. The number of nitrogens with one attached hydrogen (secondary N) is 1. The second kappa shape index (κ2) is 4.28. The molecule has 0 aromatic rings. The Bertz CT molecular complexity index is 237. The van der Waals surface area contributed by atoms with E-state index in [1.165, 1.54) is 4.90 Å². The van der Waals surface area contributed by atoms with Crippen LogP contribution in [-0.4, -0.2) is 34.8 Å². The van der Waals surface area contributed by atoms with Crippen LogP contribution in [0.25, 0.3) is 0 Å². The number of alkyl halides is 1. The molecule has 4 nitrogen and oxygen atoms in total. The standard InChI is InChI=1S/C7H10BrClN2O2/c1-4(9-8)5(2)11-3-6(12)10-7(11)13/h4-5H,3H2,1-2H3/p+1. The van der Waals surface area contributed by atoms with Gasteiger partial charge in [-0.05, 0) is 13.8 Å². The third-order valence-electron chi connectivity index (χ3n) is 2.11. The second-order valence-corrected chi connectivity index (χ2v) is 4.87. The highest BCUT2D eigenvalue weighted by molar-refractivity contribution is 9.04. The van der Waals surface area contributed by atoms with Crippen LogP contribution in [0, 0.1) is 9.31 Å². The maximum absolute atomic E-state index is 11.2. The molecule has 1 N–H and O–H groups in total. The van der Waals surface area contributed by atoms with Crippen molar-refractivity contribution < 1.29 is 18.9 Å². The number of carbonyl (C=O) groups excluding carboxylic acids is 2. The van der Waals surface area contributed by atoms with Gasteiger partial charge in [-0.25, -0.2) is 4.79 Å². The molecular formula is C7H11BrClN2O2+. The van der Waals surface area contributed by atoms with E-state index in [2.05, 4.69) is 20.3 Å². The number of hydrogen-bond donors (Lipinski definition) is 1. The Hall–Kier alpha value is -0.290. The molecule has 1 saturated heterocycles. The minimum absolute atomic E-state index is 0.0270. The van der Waals surface area contributed by atoms with E-state index in [0.717, 1.165) is 0 Å². The van der Waals surface area contributed by atoms with Crippen molar-refractivity contribution in [3.63, 3.8) is 0 Å². The number of carbonyl (C=O) groups is 2. The Balaban J connectivity index is 2.61. The van der Waals surface area contributed by atoms with Crippen molar-refractivity contribution in [2.24, 2.45) is 0 Å². The van der Waals surface area contributed by atoms with Gasteiger partial charge in [0, 0.05) is 0 Å². The average molecular weight is 271 g/mol. The summed E-state index contributed by atoms with van der Waals surface area (Å²) in [5, 5.41) is 2.45. The summed E-state index contributed by atoms with van der Waals surface area (Å²) in [5.41, 5.74) is 0. The van der Waals surface area contributed by atoms with Crippen LogP contribution in [0.4, 0.5) is 4.79 Å². The van der Waals surface area contributed by atoms with E-state index < -0.39 is 0 Å². The fraction of sp³-hybridized carbons (Fsp3) is 0.714. The van der Waals surface area contributed by atoms with Crippen LogP contribution >= 0.6 is 15.0 Å². The molecule has 6 heteroatoms. The molecule has 0 bridgehead atoms. The normalized spacial score (nSPS) is 21.6. The number of nitrogens with zero attached hydrogens (tertiary/aromatic N) is 1. The highest BCUT2D eigenvalue weighted by Gasteiger charge is 2.37. The van der Waals surface area contributed by atoms with Crippen molar-refractivity contribution in [2.45, 2.75) is 25.3 Å². The van der Waals surface area contributed by atoms with Gasteiger partial charge in [0.1, 0.15) is 6.54 Å². The summed E-state index contributed by atoms with van der Waals surface area (Å²) in [6, 6.07) is -0.268. The Labute approximate surface area is 88.1 Å². The zero-order valence-electron chi connectivity index (χ0n) is 7.38. The highest BCUT2D eigenvalue weighted by atomic mass is 79.9. The van der Waals surface area contributed by atoms with E-state index in [1.807, 2.05) is 23.2 Å². The van der Waals surface area contributed by atoms with Crippen molar-refractivity contribution in [3.8, 4) is 0 Å². The van der Waals surface area contributed by atoms with Gasteiger partial charge in [-0.2, -0.15) is 0 Å². The summed E-state index contributed by atoms with van der Waals surface area (Å²) in [5.74, 6) is -0.225. The topological polar surface area (TPSA) is 49.4 Å². The van der Waals surface area contributed by atoms with Crippen LogP contribution in [0.15, 0.2) is 0 Å². The molecule has 1 aliphatic rings. The summed E-state index contributed by atoms with van der Waals surface area (Å²) in [6.07, 6.45) is 0. The predicted octanol–water partition coefficient (Wildman–Crippen LogP) is 0.710. The van der Waals surface area contributed by atoms with Crippen LogP contribution in [0.2, 0.25) is 0 Å². The number of halogens is 2. The lowest BCUT2D eigenvalue weighted by Crippen LogP contribution is -2.42. The molecular weight excluding hydrogens is 259 g/mol. The Morgan fingerprint density at radius 3 is 2.54 bits per heavy atom. The summed E-state index contributed by atoms with van der Waals surface area (Å²) in [7, 11) is 1.95. The number of amides is 3. The highest BCUT2D eigenvalue weighted by Crippen LogP contribution is 2.13. The minimum atomic E-state index is -0.295. The molecule has 1 fully saturated rings. The lowest BCUT2D eigenvalue weighted by Gasteiger charge is -2.20. The lowest BCUT2D eigenvalue weighted by atomic mass is 10.2. The van der Waals surface area contributed by atoms with Gasteiger partial charge in [-0.1, -0.05) is 0 Å². The summed E-state index contributed by atoms with van der Waals surface area (Å²) in [4.78, 5) is 23.6. The van der Waals surface area contributed by atoms with Gasteiger partial charge in [0.05, 0.1) is 6.04 Å². The van der Waals surface area contributed by atoms with E-state index in [-0.39, 0.29) is 29.9 Å². The maximum Gasteiger partial charge on any atom is 0.330 e. The first-order valence-corrected chi connectivity index (χ1v) is 6.43. The van der Waals surface area contributed by atoms with Gasteiger partial charge in [0.15, 0.2) is 0 Å². The second-order valence-electron chi connectivity index (χ2n) is 2.98. The van der Waals surface area contributed by atoms with E-state index in [4.69, 9.17) is 0 Å². The van der Waals surface area contributed by atoms with Crippen molar-refractivity contribution in [1.29, 1.82) is 0 Å². The molecule has 1 aliphatic heterocycles. The first-order valence-electron chi connectivity index (χ1n) is 3.91. The van der Waals surface area contributed by atoms with Crippen LogP contribution < -0.4 is 5.32 Å². The lowest BCUT2D eigenvalue weighted by molar-refractivity contribution is -0.508. The quantitative estimate of drug-likeness (QED) is 0.606. The van der Waals surface area contributed by atoms with E-state index >= 15 is 0 Å². The number of hydrogen-bond acceptors (Lipinski definition) is 2.